The van der Waals surface area contributed by atoms with Crippen LogP contribution in [0.1, 0.15) is 63.3 Å². The van der Waals surface area contributed by atoms with E-state index in [0.29, 0.717) is 0 Å². The standard InChI is InChI=1S/C16H25N/c1-11-5-6-12-7-8-13(16(2,3)4)10-14(12)15(17)9-11/h7-8,10-11,15H,5-6,9,17H2,1-4H3. The monoisotopic (exact) mass is 231 g/mol. The van der Waals surface area contributed by atoms with Crippen LogP contribution in [0.4, 0.5) is 0 Å². The van der Waals surface area contributed by atoms with E-state index >= 15 is 0 Å². The lowest BCUT2D eigenvalue weighted by atomic mass is 9.84. The highest BCUT2D eigenvalue weighted by Gasteiger charge is 2.22. The quantitative estimate of drug-likeness (QED) is 0.672. The molecule has 1 aromatic carbocycles. The molecule has 0 heterocycles. The summed E-state index contributed by atoms with van der Waals surface area (Å²) in [5.74, 6) is 0.746. The molecule has 0 radical (unpaired) electrons. The Balaban J connectivity index is 2.41. The summed E-state index contributed by atoms with van der Waals surface area (Å²) in [6, 6.07) is 7.15. The van der Waals surface area contributed by atoms with Crippen LogP contribution < -0.4 is 5.73 Å². The second-order valence-electron chi connectivity index (χ2n) is 6.65. The largest absolute Gasteiger partial charge is 0.324 e. The molecular weight excluding hydrogens is 206 g/mol. The van der Waals surface area contributed by atoms with E-state index in [9.17, 15) is 0 Å². The highest BCUT2D eigenvalue weighted by Crippen LogP contribution is 2.33. The van der Waals surface area contributed by atoms with Crippen LogP contribution in [0.5, 0.6) is 0 Å². The van der Waals surface area contributed by atoms with Gasteiger partial charge < -0.3 is 5.73 Å². The van der Waals surface area contributed by atoms with Gasteiger partial charge in [0.1, 0.15) is 0 Å². The van der Waals surface area contributed by atoms with E-state index in [-0.39, 0.29) is 11.5 Å². The van der Waals surface area contributed by atoms with Gasteiger partial charge in [-0.05, 0) is 47.3 Å². The first-order valence-corrected chi connectivity index (χ1v) is 6.77. The summed E-state index contributed by atoms with van der Waals surface area (Å²) < 4.78 is 0. The van der Waals surface area contributed by atoms with Gasteiger partial charge in [-0.25, -0.2) is 0 Å². The van der Waals surface area contributed by atoms with Gasteiger partial charge in [0.25, 0.3) is 0 Å². The number of nitrogens with two attached hydrogens (primary N) is 1. The minimum atomic E-state index is 0.215. The Morgan fingerprint density at radius 3 is 2.59 bits per heavy atom. The normalized spacial score (nSPS) is 25.2. The fourth-order valence-corrected chi connectivity index (χ4v) is 2.71. The van der Waals surface area contributed by atoms with Gasteiger partial charge in [-0.2, -0.15) is 0 Å². The Morgan fingerprint density at radius 1 is 1.24 bits per heavy atom. The predicted octanol–water partition coefficient (Wildman–Crippen LogP) is 3.96. The van der Waals surface area contributed by atoms with E-state index in [1.54, 1.807) is 0 Å². The van der Waals surface area contributed by atoms with Crippen LogP contribution in [0.3, 0.4) is 0 Å². The van der Waals surface area contributed by atoms with E-state index < -0.39 is 0 Å². The average Bonchev–Trinajstić information content (AvgIpc) is 2.37. The van der Waals surface area contributed by atoms with E-state index in [2.05, 4.69) is 45.9 Å². The summed E-state index contributed by atoms with van der Waals surface area (Å²) in [5.41, 5.74) is 10.8. The zero-order valence-corrected chi connectivity index (χ0v) is 11.6. The first-order chi connectivity index (χ1) is 7.88. The molecule has 17 heavy (non-hydrogen) atoms. The molecule has 0 aromatic heterocycles. The highest BCUT2D eigenvalue weighted by molar-refractivity contribution is 5.38. The third-order valence-electron chi connectivity index (χ3n) is 3.97. The third-order valence-corrected chi connectivity index (χ3v) is 3.97. The summed E-state index contributed by atoms with van der Waals surface area (Å²) in [6.45, 7) is 9.11. The van der Waals surface area contributed by atoms with Gasteiger partial charge >= 0.3 is 0 Å². The van der Waals surface area contributed by atoms with E-state index in [4.69, 9.17) is 5.73 Å². The maximum atomic E-state index is 6.35. The van der Waals surface area contributed by atoms with Crippen molar-refractivity contribution in [2.24, 2.45) is 11.7 Å². The highest BCUT2D eigenvalue weighted by atomic mass is 14.6. The summed E-state index contributed by atoms with van der Waals surface area (Å²) in [7, 11) is 0. The molecule has 0 saturated carbocycles. The molecular formula is C16H25N. The van der Waals surface area contributed by atoms with E-state index in [1.165, 1.54) is 29.5 Å². The van der Waals surface area contributed by atoms with Crippen molar-refractivity contribution >= 4 is 0 Å². The van der Waals surface area contributed by atoms with Crippen LogP contribution in [0.15, 0.2) is 18.2 Å². The van der Waals surface area contributed by atoms with Crippen molar-refractivity contribution in [1.82, 2.24) is 0 Å². The number of hydrogen-bond donors (Lipinski definition) is 1. The fraction of sp³-hybridized carbons (Fsp3) is 0.625. The van der Waals surface area contributed by atoms with Crippen LogP contribution >= 0.6 is 0 Å². The lowest BCUT2D eigenvalue weighted by molar-refractivity contribution is 0.463. The molecule has 1 nitrogen and oxygen atoms in total. The van der Waals surface area contributed by atoms with Gasteiger partial charge in [-0.3, -0.25) is 0 Å². The van der Waals surface area contributed by atoms with Crippen molar-refractivity contribution in [3.05, 3.63) is 34.9 Å². The maximum Gasteiger partial charge on any atom is 0.0300 e. The lowest BCUT2D eigenvalue weighted by Crippen LogP contribution is -2.16. The molecule has 0 saturated heterocycles. The van der Waals surface area contributed by atoms with Gasteiger partial charge in [-0.15, -0.1) is 0 Å². The molecule has 1 heteroatoms. The molecule has 0 bridgehead atoms. The smallest absolute Gasteiger partial charge is 0.0300 e. The van der Waals surface area contributed by atoms with Crippen LogP contribution in [-0.2, 0) is 11.8 Å². The Labute approximate surface area is 105 Å². The predicted molar refractivity (Wildman–Crippen MR) is 74.2 cm³/mol. The van der Waals surface area contributed by atoms with Gasteiger partial charge in [0.05, 0.1) is 0 Å². The Kier molecular flexibility index (Phi) is 3.31. The second kappa shape index (κ2) is 4.45. The molecule has 0 spiro atoms. The number of benzene rings is 1. The van der Waals surface area contributed by atoms with Crippen molar-refractivity contribution in [2.75, 3.05) is 0 Å². The number of fused-ring (bicyclic) bond motifs is 1. The molecule has 1 aliphatic carbocycles. The van der Waals surface area contributed by atoms with Crippen molar-refractivity contribution in [3.8, 4) is 0 Å². The van der Waals surface area contributed by atoms with Crippen LogP contribution in [0, 0.1) is 5.92 Å². The van der Waals surface area contributed by atoms with Crippen molar-refractivity contribution in [2.45, 2.75) is 58.4 Å². The van der Waals surface area contributed by atoms with E-state index in [1.807, 2.05) is 0 Å². The summed E-state index contributed by atoms with van der Waals surface area (Å²) in [5, 5.41) is 0. The molecule has 0 amide bonds. The molecule has 1 aromatic rings. The Bertz CT molecular complexity index is 400. The Morgan fingerprint density at radius 2 is 1.94 bits per heavy atom. The first kappa shape index (κ1) is 12.6. The number of aryl methyl sites for hydroxylation is 1. The van der Waals surface area contributed by atoms with Crippen molar-refractivity contribution in [3.63, 3.8) is 0 Å². The molecule has 0 fully saturated rings. The van der Waals surface area contributed by atoms with Crippen LogP contribution in [-0.4, -0.2) is 0 Å². The topological polar surface area (TPSA) is 26.0 Å². The van der Waals surface area contributed by atoms with Gasteiger partial charge in [0.15, 0.2) is 0 Å². The SMILES string of the molecule is CC1CCc2ccc(C(C)(C)C)cc2C(N)C1. The van der Waals surface area contributed by atoms with Crippen molar-refractivity contribution < 1.29 is 0 Å². The van der Waals surface area contributed by atoms with Gasteiger partial charge in [0.2, 0.25) is 0 Å². The summed E-state index contributed by atoms with van der Waals surface area (Å²) in [4.78, 5) is 0. The minimum absolute atomic E-state index is 0.215. The molecule has 2 atom stereocenters. The third kappa shape index (κ3) is 2.71. The second-order valence-corrected chi connectivity index (χ2v) is 6.65. The Hall–Kier alpha value is -0.820. The lowest BCUT2D eigenvalue weighted by Gasteiger charge is -2.22. The van der Waals surface area contributed by atoms with Crippen molar-refractivity contribution in [1.29, 1.82) is 0 Å². The van der Waals surface area contributed by atoms with Crippen LogP contribution in [0.25, 0.3) is 0 Å². The minimum Gasteiger partial charge on any atom is -0.324 e. The zero-order chi connectivity index (χ0) is 12.6. The number of rotatable bonds is 0. The number of hydrogen-bond acceptors (Lipinski definition) is 1. The first-order valence-electron chi connectivity index (χ1n) is 6.77. The van der Waals surface area contributed by atoms with Gasteiger partial charge in [-0.1, -0.05) is 45.9 Å². The molecule has 2 N–H and O–H groups in total. The molecule has 0 aliphatic heterocycles. The van der Waals surface area contributed by atoms with E-state index in [0.717, 1.165) is 12.3 Å². The zero-order valence-electron chi connectivity index (χ0n) is 11.6. The molecule has 94 valence electrons. The average molecular weight is 231 g/mol. The van der Waals surface area contributed by atoms with Crippen LogP contribution in [0.2, 0.25) is 0 Å². The van der Waals surface area contributed by atoms with Gasteiger partial charge in [0, 0.05) is 6.04 Å². The summed E-state index contributed by atoms with van der Waals surface area (Å²) >= 11 is 0. The molecule has 2 unspecified atom stereocenters. The summed E-state index contributed by atoms with van der Waals surface area (Å²) in [6.07, 6.45) is 3.59. The molecule has 1 aliphatic rings. The maximum absolute atomic E-state index is 6.35. The fourth-order valence-electron chi connectivity index (χ4n) is 2.71. The molecule has 2 rings (SSSR count).